The molecule has 1 amide bonds. The van der Waals surface area contributed by atoms with Gasteiger partial charge in [0.05, 0.1) is 23.4 Å². The van der Waals surface area contributed by atoms with Crippen LogP contribution in [0.3, 0.4) is 0 Å². The molecule has 0 bridgehead atoms. The molecule has 2 rings (SSSR count). The molecule has 1 aromatic carbocycles. The first kappa shape index (κ1) is 16.4. The number of benzene rings is 1. The topological polar surface area (TPSA) is 99.3 Å². The molecular formula is C15H16N4O4. The molecule has 0 saturated heterocycles. The molecule has 2 aromatic rings. The summed E-state index contributed by atoms with van der Waals surface area (Å²) in [5.41, 5.74) is 0.577. The molecule has 1 atom stereocenters. The van der Waals surface area contributed by atoms with Crippen LogP contribution in [0.15, 0.2) is 49.2 Å². The van der Waals surface area contributed by atoms with Gasteiger partial charge in [0.2, 0.25) is 0 Å². The van der Waals surface area contributed by atoms with Gasteiger partial charge in [-0.15, -0.1) is 6.58 Å². The third kappa shape index (κ3) is 4.01. The molecule has 8 heteroatoms. The molecule has 120 valence electrons. The average Bonchev–Trinajstić information content (AvgIpc) is 3.00. The number of amides is 1. The van der Waals surface area contributed by atoms with Crippen LogP contribution in [0.4, 0.5) is 11.5 Å². The van der Waals surface area contributed by atoms with Crippen LogP contribution in [-0.2, 0) is 9.53 Å². The molecule has 1 aromatic heterocycles. The number of non-ortho nitro benzene ring substituents is 1. The number of carbonyl (C=O) groups is 1. The Bertz CT molecular complexity index is 709. The maximum atomic E-state index is 12.0. The van der Waals surface area contributed by atoms with E-state index in [1.165, 1.54) is 23.0 Å². The van der Waals surface area contributed by atoms with Gasteiger partial charge in [-0.2, -0.15) is 5.10 Å². The van der Waals surface area contributed by atoms with Gasteiger partial charge in [-0.1, -0.05) is 6.08 Å². The number of nitrogens with one attached hydrogen (secondary N) is 1. The Kier molecular flexibility index (Phi) is 5.21. The van der Waals surface area contributed by atoms with Crippen molar-refractivity contribution < 1.29 is 14.5 Å². The van der Waals surface area contributed by atoms with Crippen LogP contribution in [0.2, 0.25) is 0 Å². The molecule has 0 spiro atoms. The Hall–Kier alpha value is -3.00. The van der Waals surface area contributed by atoms with E-state index in [2.05, 4.69) is 17.0 Å². The summed E-state index contributed by atoms with van der Waals surface area (Å²) in [5, 5.41) is 17.5. The van der Waals surface area contributed by atoms with Gasteiger partial charge in [0.15, 0.2) is 0 Å². The van der Waals surface area contributed by atoms with Crippen LogP contribution < -0.4 is 5.32 Å². The summed E-state index contributed by atoms with van der Waals surface area (Å²) < 4.78 is 6.73. The SMILES string of the molecule is C=CCO[C@H](C)C(=O)Nc1ccnn1-c1ccc([N+](=O)[O-])cc1. The smallest absolute Gasteiger partial charge is 0.269 e. The van der Waals surface area contributed by atoms with E-state index in [1.807, 2.05) is 0 Å². The minimum atomic E-state index is -0.645. The Morgan fingerprint density at radius 2 is 2.17 bits per heavy atom. The summed E-state index contributed by atoms with van der Waals surface area (Å²) in [7, 11) is 0. The number of anilines is 1. The number of ether oxygens (including phenoxy) is 1. The van der Waals surface area contributed by atoms with Crippen molar-refractivity contribution in [1.82, 2.24) is 9.78 Å². The number of nitro benzene ring substituents is 1. The highest BCUT2D eigenvalue weighted by molar-refractivity contribution is 5.93. The first-order valence-electron chi connectivity index (χ1n) is 6.85. The monoisotopic (exact) mass is 316 g/mol. The lowest BCUT2D eigenvalue weighted by Gasteiger charge is -2.13. The van der Waals surface area contributed by atoms with Crippen LogP contribution in [0.25, 0.3) is 5.69 Å². The highest BCUT2D eigenvalue weighted by Crippen LogP contribution is 2.18. The summed E-state index contributed by atoms with van der Waals surface area (Å²) in [6.45, 7) is 5.43. The van der Waals surface area contributed by atoms with E-state index in [-0.39, 0.29) is 18.2 Å². The van der Waals surface area contributed by atoms with Crippen LogP contribution in [0.5, 0.6) is 0 Å². The van der Waals surface area contributed by atoms with Gasteiger partial charge < -0.3 is 10.1 Å². The second-order valence-corrected chi connectivity index (χ2v) is 4.66. The standard InChI is InChI=1S/C15H16N4O4/c1-3-10-23-11(2)15(20)17-14-8-9-16-18(14)12-4-6-13(7-5-12)19(21)22/h3-9,11H,1,10H2,2H3,(H,17,20)/t11-/m1/s1. The van der Waals surface area contributed by atoms with Crippen molar-refractivity contribution in [3.8, 4) is 5.69 Å². The molecule has 1 N–H and O–H groups in total. The Labute approximate surface area is 132 Å². The van der Waals surface area contributed by atoms with E-state index in [0.29, 0.717) is 11.5 Å². The highest BCUT2D eigenvalue weighted by atomic mass is 16.6. The third-order valence-electron chi connectivity index (χ3n) is 3.03. The minimum Gasteiger partial charge on any atom is -0.365 e. The lowest BCUT2D eigenvalue weighted by Crippen LogP contribution is -2.28. The number of hydrogen-bond donors (Lipinski definition) is 1. The lowest BCUT2D eigenvalue weighted by atomic mass is 10.3. The zero-order chi connectivity index (χ0) is 16.8. The van der Waals surface area contributed by atoms with Crippen molar-refractivity contribution in [2.75, 3.05) is 11.9 Å². The minimum absolute atomic E-state index is 0.0158. The van der Waals surface area contributed by atoms with Gasteiger partial charge in [-0.05, 0) is 19.1 Å². The second kappa shape index (κ2) is 7.32. The zero-order valence-electron chi connectivity index (χ0n) is 12.5. The average molecular weight is 316 g/mol. The van der Waals surface area contributed by atoms with E-state index < -0.39 is 11.0 Å². The number of carbonyl (C=O) groups excluding carboxylic acids is 1. The van der Waals surface area contributed by atoms with Crippen molar-refractivity contribution in [2.24, 2.45) is 0 Å². The molecule has 8 nitrogen and oxygen atoms in total. The molecule has 0 aliphatic rings. The summed E-state index contributed by atoms with van der Waals surface area (Å²) in [4.78, 5) is 22.2. The summed E-state index contributed by atoms with van der Waals surface area (Å²) in [5.74, 6) is 0.119. The van der Waals surface area contributed by atoms with Gasteiger partial charge in [-0.3, -0.25) is 14.9 Å². The maximum absolute atomic E-state index is 12.0. The normalized spacial score (nSPS) is 11.7. The Balaban J connectivity index is 2.14. The first-order valence-corrected chi connectivity index (χ1v) is 6.85. The Morgan fingerprint density at radius 3 is 2.78 bits per heavy atom. The van der Waals surface area contributed by atoms with E-state index in [9.17, 15) is 14.9 Å². The fraction of sp³-hybridized carbons (Fsp3) is 0.200. The quantitative estimate of drug-likeness (QED) is 0.480. The van der Waals surface area contributed by atoms with Gasteiger partial charge in [0, 0.05) is 18.2 Å². The zero-order valence-corrected chi connectivity index (χ0v) is 12.5. The lowest BCUT2D eigenvalue weighted by molar-refractivity contribution is -0.384. The van der Waals surface area contributed by atoms with Gasteiger partial charge in [-0.25, -0.2) is 4.68 Å². The third-order valence-corrected chi connectivity index (χ3v) is 3.03. The number of nitrogens with zero attached hydrogens (tertiary/aromatic N) is 3. The van der Waals surface area contributed by atoms with Gasteiger partial charge >= 0.3 is 0 Å². The number of nitro groups is 1. The van der Waals surface area contributed by atoms with E-state index in [0.717, 1.165) is 0 Å². The van der Waals surface area contributed by atoms with E-state index in [4.69, 9.17) is 4.74 Å². The second-order valence-electron chi connectivity index (χ2n) is 4.66. The van der Waals surface area contributed by atoms with Crippen LogP contribution in [0.1, 0.15) is 6.92 Å². The van der Waals surface area contributed by atoms with Crippen molar-refractivity contribution in [3.05, 3.63) is 59.3 Å². The molecule has 23 heavy (non-hydrogen) atoms. The predicted octanol–water partition coefficient (Wildman–Crippen LogP) is 2.31. The fourth-order valence-electron chi connectivity index (χ4n) is 1.84. The number of aromatic nitrogens is 2. The fourth-order valence-corrected chi connectivity index (χ4v) is 1.84. The molecule has 1 heterocycles. The molecule has 0 aliphatic heterocycles. The van der Waals surface area contributed by atoms with E-state index in [1.54, 1.807) is 31.2 Å². The van der Waals surface area contributed by atoms with Gasteiger partial charge in [0.1, 0.15) is 11.9 Å². The number of rotatable bonds is 7. The molecular weight excluding hydrogens is 300 g/mol. The molecule has 0 unspecified atom stereocenters. The highest BCUT2D eigenvalue weighted by Gasteiger charge is 2.16. The molecule has 0 fully saturated rings. The van der Waals surface area contributed by atoms with Crippen LogP contribution in [-0.4, -0.2) is 33.3 Å². The van der Waals surface area contributed by atoms with Crippen LogP contribution in [0, 0.1) is 10.1 Å². The largest absolute Gasteiger partial charge is 0.365 e. The van der Waals surface area contributed by atoms with Crippen molar-refractivity contribution >= 4 is 17.4 Å². The van der Waals surface area contributed by atoms with Crippen molar-refractivity contribution in [3.63, 3.8) is 0 Å². The summed E-state index contributed by atoms with van der Waals surface area (Å²) in [6.07, 6.45) is 2.44. The van der Waals surface area contributed by atoms with Gasteiger partial charge in [0.25, 0.3) is 11.6 Å². The van der Waals surface area contributed by atoms with Crippen molar-refractivity contribution in [1.29, 1.82) is 0 Å². The molecule has 0 radical (unpaired) electrons. The van der Waals surface area contributed by atoms with Crippen LogP contribution >= 0.6 is 0 Å². The maximum Gasteiger partial charge on any atom is 0.269 e. The first-order chi connectivity index (χ1) is 11.0. The Morgan fingerprint density at radius 1 is 1.48 bits per heavy atom. The number of hydrogen-bond acceptors (Lipinski definition) is 5. The van der Waals surface area contributed by atoms with Crippen molar-refractivity contribution in [2.45, 2.75) is 13.0 Å². The molecule has 0 aliphatic carbocycles. The van der Waals surface area contributed by atoms with E-state index >= 15 is 0 Å². The summed E-state index contributed by atoms with van der Waals surface area (Å²) >= 11 is 0. The molecule has 0 saturated carbocycles. The predicted molar refractivity (Wildman–Crippen MR) is 84.5 cm³/mol. The summed E-state index contributed by atoms with van der Waals surface area (Å²) in [6, 6.07) is 7.48.